The van der Waals surface area contributed by atoms with E-state index in [0.29, 0.717) is 0 Å². The van der Waals surface area contributed by atoms with E-state index in [4.69, 9.17) is 0 Å². The van der Waals surface area contributed by atoms with Crippen LogP contribution in [0.5, 0.6) is 5.75 Å². The van der Waals surface area contributed by atoms with Gasteiger partial charge in [0.25, 0.3) is 5.69 Å². The summed E-state index contributed by atoms with van der Waals surface area (Å²) >= 11 is 0. The van der Waals surface area contributed by atoms with E-state index in [1.165, 1.54) is 0 Å². The van der Waals surface area contributed by atoms with Crippen LogP contribution >= 0.6 is 0 Å². The molecule has 1 rings (SSSR count). The first-order valence-electron chi connectivity index (χ1n) is 4.79. The molecule has 0 aliphatic carbocycles. The van der Waals surface area contributed by atoms with E-state index in [-0.39, 0.29) is 11.3 Å². The number of carbonyl (C=O) groups excluding carboxylic acids is 1. The maximum absolute atomic E-state index is 11.0. The fourth-order valence-corrected chi connectivity index (χ4v) is 1.31. The van der Waals surface area contributed by atoms with Crippen LogP contribution in [0.15, 0.2) is 18.2 Å². The average molecular weight is 257 g/mol. The third-order valence-corrected chi connectivity index (χ3v) is 2.28. The van der Waals surface area contributed by atoms with Gasteiger partial charge < -0.3 is 20.1 Å². The third kappa shape index (κ3) is 2.73. The van der Waals surface area contributed by atoms with Crippen molar-refractivity contribution in [1.82, 2.24) is 0 Å². The van der Waals surface area contributed by atoms with Crippen molar-refractivity contribution in [1.29, 1.82) is 0 Å². The number of phenols is 1. The van der Waals surface area contributed by atoms with Crippen molar-refractivity contribution < 1.29 is 29.8 Å². The van der Waals surface area contributed by atoms with Crippen molar-refractivity contribution in [3.8, 4) is 5.75 Å². The molecule has 0 aromatic heterocycles. The van der Waals surface area contributed by atoms with Gasteiger partial charge >= 0.3 is 5.97 Å². The maximum atomic E-state index is 11.0. The number of aliphatic hydroxyl groups is 2. The van der Waals surface area contributed by atoms with E-state index >= 15 is 0 Å². The zero-order valence-electron chi connectivity index (χ0n) is 9.31. The summed E-state index contributed by atoms with van der Waals surface area (Å²) in [7, 11) is 1.01. The first-order valence-corrected chi connectivity index (χ1v) is 4.79. The highest BCUT2D eigenvalue weighted by atomic mass is 16.6. The Kier molecular flexibility index (Phi) is 4.18. The van der Waals surface area contributed by atoms with Gasteiger partial charge in [0.15, 0.2) is 6.10 Å². The first-order chi connectivity index (χ1) is 8.38. The molecule has 0 aliphatic heterocycles. The number of aliphatic hydroxyl groups excluding tert-OH is 2. The predicted octanol–water partition coefficient (Wildman–Crippen LogP) is -0.132. The van der Waals surface area contributed by atoms with Crippen LogP contribution in [0, 0.1) is 10.1 Å². The highest BCUT2D eigenvalue weighted by Gasteiger charge is 2.29. The molecule has 0 saturated carbocycles. The molecule has 3 N–H and O–H groups in total. The molecule has 2 unspecified atom stereocenters. The Morgan fingerprint density at radius 1 is 1.44 bits per heavy atom. The van der Waals surface area contributed by atoms with Crippen LogP contribution in [0.3, 0.4) is 0 Å². The van der Waals surface area contributed by atoms with Gasteiger partial charge in [0.1, 0.15) is 11.9 Å². The normalized spacial score (nSPS) is 13.7. The first kappa shape index (κ1) is 13.9. The van der Waals surface area contributed by atoms with Crippen LogP contribution in [0.1, 0.15) is 11.7 Å². The molecule has 8 nitrogen and oxygen atoms in total. The molecular formula is C10H11NO7. The van der Waals surface area contributed by atoms with E-state index in [2.05, 4.69) is 4.74 Å². The number of hydrogen-bond donors (Lipinski definition) is 3. The number of nitrogens with zero attached hydrogens (tertiary/aromatic N) is 1. The molecule has 1 aromatic carbocycles. The molecule has 18 heavy (non-hydrogen) atoms. The Morgan fingerprint density at radius 3 is 2.56 bits per heavy atom. The number of nitro benzene ring substituents is 1. The van der Waals surface area contributed by atoms with E-state index in [1.807, 2.05) is 0 Å². The molecule has 0 bridgehead atoms. The molecule has 0 aliphatic rings. The number of nitro groups is 1. The molecule has 0 radical (unpaired) electrons. The van der Waals surface area contributed by atoms with Crippen LogP contribution in [0.2, 0.25) is 0 Å². The second kappa shape index (κ2) is 5.43. The minimum absolute atomic E-state index is 0.331. The number of ether oxygens (including phenoxy) is 1. The molecule has 0 heterocycles. The van der Waals surface area contributed by atoms with Crippen LogP contribution in [0.4, 0.5) is 5.69 Å². The third-order valence-electron chi connectivity index (χ3n) is 2.28. The largest absolute Gasteiger partial charge is 0.508 e. The maximum Gasteiger partial charge on any atom is 0.337 e. The number of esters is 1. The zero-order chi connectivity index (χ0) is 13.9. The summed E-state index contributed by atoms with van der Waals surface area (Å²) in [4.78, 5) is 20.8. The van der Waals surface area contributed by atoms with Crippen LogP contribution < -0.4 is 0 Å². The number of aromatic hydroxyl groups is 1. The van der Waals surface area contributed by atoms with Gasteiger partial charge in [-0.1, -0.05) is 0 Å². The van der Waals surface area contributed by atoms with Crippen molar-refractivity contribution in [2.24, 2.45) is 0 Å². The SMILES string of the molecule is COC(=O)C(O)C(O)c1cc([N+](=O)[O-])ccc1O. The van der Waals surface area contributed by atoms with Crippen molar-refractivity contribution in [2.45, 2.75) is 12.2 Å². The number of hydrogen-bond acceptors (Lipinski definition) is 7. The highest BCUT2D eigenvalue weighted by molar-refractivity contribution is 5.75. The van der Waals surface area contributed by atoms with E-state index in [0.717, 1.165) is 25.3 Å². The Morgan fingerprint density at radius 2 is 2.06 bits per heavy atom. The van der Waals surface area contributed by atoms with Gasteiger partial charge in [-0.25, -0.2) is 4.79 Å². The predicted molar refractivity (Wildman–Crippen MR) is 57.7 cm³/mol. The summed E-state index contributed by atoms with van der Waals surface area (Å²) in [5, 5.41) is 39.0. The quantitative estimate of drug-likeness (QED) is 0.389. The van der Waals surface area contributed by atoms with Crippen molar-refractivity contribution in [3.05, 3.63) is 33.9 Å². The average Bonchev–Trinajstić information content (AvgIpc) is 2.36. The van der Waals surface area contributed by atoms with E-state index < -0.39 is 28.9 Å². The Bertz CT molecular complexity index is 473. The Labute approximate surface area is 101 Å². The number of phenolic OH excluding ortho intramolecular Hbond substituents is 1. The second-order valence-corrected chi connectivity index (χ2v) is 3.41. The molecule has 98 valence electrons. The summed E-state index contributed by atoms with van der Waals surface area (Å²) in [5.41, 5.74) is -0.721. The van der Waals surface area contributed by atoms with Gasteiger partial charge in [0.05, 0.1) is 12.0 Å². The standard InChI is InChI=1S/C10H11NO7/c1-18-10(15)9(14)8(13)6-4-5(11(16)17)2-3-7(6)12/h2-4,8-9,12-14H,1H3. The van der Waals surface area contributed by atoms with E-state index in [9.17, 15) is 30.2 Å². The summed E-state index contributed by atoms with van der Waals surface area (Å²) < 4.78 is 4.21. The van der Waals surface area contributed by atoms with Crippen LogP contribution in [-0.4, -0.2) is 39.4 Å². The molecule has 0 saturated heterocycles. The lowest BCUT2D eigenvalue weighted by Crippen LogP contribution is -2.29. The topological polar surface area (TPSA) is 130 Å². The van der Waals surface area contributed by atoms with Crippen molar-refractivity contribution >= 4 is 11.7 Å². The van der Waals surface area contributed by atoms with Crippen molar-refractivity contribution in [3.63, 3.8) is 0 Å². The van der Waals surface area contributed by atoms with Crippen LogP contribution in [-0.2, 0) is 9.53 Å². The molecule has 1 aromatic rings. The van der Waals surface area contributed by atoms with Crippen LogP contribution in [0.25, 0.3) is 0 Å². The molecular weight excluding hydrogens is 246 g/mol. The molecule has 0 amide bonds. The lowest BCUT2D eigenvalue weighted by atomic mass is 10.0. The number of non-ortho nitro benzene ring substituents is 1. The Balaban J connectivity index is 3.11. The fourth-order valence-electron chi connectivity index (χ4n) is 1.31. The van der Waals surface area contributed by atoms with E-state index in [1.54, 1.807) is 0 Å². The lowest BCUT2D eigenvalue weighted by Gasteiger charge is -2.16. The molecule has 8 heteroatoms. The number of rotatable bonds is 4. The van der Waals surface area contributed by atoms with Gasteiger partial charge in [0.2, 0.25) is 0 Å². The summed E-state index contributed by atoms with van der Waals surface area (Å²) in [6.07, 6.45) is -3.76. The highest BCUT2D eigenvalue weighted by Crippen LogP contribution is 2.30. The van der Waals surface area contributed by atoms with Gasteiger partial charge in [-0.15, -0.1) is 0 Å². The minimum Gasteiger partial charge on any atom is -0.508 e. The zero-order valence-corrected chi connectivity index (χ0v) is 9.31. The molecule has 0 fully saturated rings. The van der Waals surface area contributed by atoms with Gasteiger partial charge in [-0.05, 0) is 6.07 Å². The summed E-state index contributed by atoms with van der Waals surface area (Å²) in [6, 6.07) is 2.88. The smallest absolute Gasteiger partial charge is 0.337 e. The van der Waals surface area contributed by atoms with Crippen molar-refractivity contribution in [2.75, 3.05) is 7.11 Å². The number of methoxy groups -OCH3 is 1. The van der Waals surface area contributed by atoms with Gasteiger partial charge in [0, 0.05) is 17.7 Å². The fraction of sp³-hybridized carbons (Fsp3) is 0.300. The Hall–Kier alpha value is -2.19. The molecule has 0 spiro atoms. The minimum atomic E-state index is -1.94. The lowest BCUT2D eigenvalue weighted by molar-refractivity contribution is -0.385. The number of benzene rings is 1. The van der Waals surface area contributed by atoms with Gasteiger partial charge in [-0.2, -0.15) is 0 Å². The van der Waals surface area contributed by atoms with Gasteiger partial charge in [-0.3, -0.25) is 10.1 Å². The second-order valence-electron chi connectivity index (χ2n) is 3.41. The number of carbonyl (C=O) groups is 1. The monoisotopic (exact) mass is 257 g/mol. The summed E-state index contributed by atoms with van der Waals surface area (Å²) in [5.74, 6) is -1.59. The molecule has 2 atom stereocenters. The summed E-state index contributed by atoms with van der Waals surface area (Å²) in [6.45, 7) is 0.